The number of benzene rings is 2. The van der Waals surface area contributed by atoms with E-state index < -0.39 is 11.6 Å². The SMILES string of the molecule is CN(c1ccc(CNC(=O)c2ccc3c(c2)[nH]c(=O)n3C)cn1)c1cccc(F)c1F. The Kier molecular flexibility index (Phi) is 5.24. The molecular formula is C22H19F2N5O2. The second-order valence-corrected chi connectivity index (χ2v) is 7.06. The molecule has 0 saturated heterocycles. The van der Waals surface area contributed by atoms with Crippen molar-refractivity contribution < 1.29 is 13.6 Å². The highest BCUT2D eigenvalue weighted by atomic mass is 19.2. The number of imidazole rings is 1. The molecule has 0 spiro atoms. The van der Waals surface area contributed by atoms with E-state index in [-0.39, 0.29) is 23.8 Å². The lowest BCUT2D eigenvalue weighted by Gasteiger charge is -2.19. The minimum Gasteiger partial charge on any atom is -0.348 e. The fourth-order valence-corrected chi connectivity index (χ4v) is 3.26. The Morgan fingerprint density at radius 2 is 2.00 bits per heavy atom. The van der Waals surface area contributed by atoms with Crippen LogP contribution in [0.5, 0.6) is 0 Å². The maximum atomic E-state index is 14.0. The minimum atomic E-state index is -0.945. The molecule has 2 aromatic carbocycles. The largest absolute Gasteiger partial charge is 0.348 e. The number of pyridine rings is 1. The number of aromatic nitrogens is 3. The van der Waals surface area contributed by atoms with Crippen molar-refractivity contribution >= 4 is 28.4 Å². The lowest BCUT2D eigenvalue weighted by Crippen LogP contribution is -2.23. The van der Waals surface area contributed by atoms with Gasteiger partial charge in [0.05, 0.1) is 16.7 Å². The van der Waals surface area contributed by atoms with E-state index in [1.807, 2.05) is 0 Å². The standard InChI is InChI=1S/C22H19F2N5O2/c1-28(18-5-3-4-15(23)20(18)24)19-9-6-13(11-25-19)12-26-21(30)14-7-8-17-16(10-14)27-22(31)29(17)2/h3-11H,12H2,1-2H3,(H,26,30)(H,27,31). The predicted octanol–water partition coefficient (Wildman–Crippen LogP) is 3.24. The van der Waals surface area contributed by atoms with Crippen molar-refractivity contribution in [3.05, 3.63) is 88.0 Å². The molecular weight excluding hydrogens is 404 g/mol. The number of anilines is 2. The first-order valence-electron chi connectivity index (χ1n) is 9.45. The average Bonchev–Trinajstić information content (AvgIpc) is 3.06. The van der Waals surface area contributed by atoms with E-state index in [4.69, 9.17) is 0 Å². The molecule has 0 unspecified atom stereocenters. The lowest BCUT2D eigenvalue weighted by atomic mass is 10.2. The van der Waals surface area contributed by atoms with Gasteiger partial charge < -0.3 is 15.2 Å². The number of aryl methyl sites for hydroxylation is 1. The van der Waals surface area contributed by atoms with Crippen molar-refractivity contribution in [2.24, 2.45) is 7.05 Å². The number of fused-ring (bicyclic) bond motifs is 1. The van der Waals surface area contributed by atoms with Gasteiger partial charge in [-0.05, 0) is 42.0 Å². The molecule has 0 saturated carbocycles. The van der Waals surface area contributed by atoms with Crippen LogP contribution in [0.25, 0.3) is 11.0 Å². The molecule has 0 aliphatic heterocycles. The highest BCUT2D eigenvalue weighted by Crippen LogP contribution is 2.26. The van der Waals surface area contributed by atoms with Crippen molar-refractivity contribution in [3.8, 4) is 0 Å². The molecule has 0 fully saturated rings. The zero-order chi connectivity index (χ0) is 22.1. The molecule has 31 heavy (non-hydrogen) atoms. The number of carbonyl (C=O) groups excluding carboxylic acids is 1. The minimum absolute atomic E-state index is 0.0721. The molecule has 1 amide bonds. The fraction of sp³-hybridized carbons (Fsp3) is 0.136. The predicted molar refractivity (Wildman–Crippen MR) is 113 cm³/mol. The van der Waals surface area contributed by atoms with E-state index in [2.05, 4.69) is 15.3 Å². The summed E-state index contributed by atoms with van der Waals surface area (Å²) in [6.07, 6.45) is 1.56. The van der Waals surface area contributed by atoms with Gasteiger partial charge in [-0.2, -0.15) is 0 Å². The summed E-state index contributed by atoms with van der Waals surface area (Å²) in [5.74, 6) is -1.74. The quantitative estimate of drug-likeness (QED) is 0.516. The van der Waals surface area contributed by atoms with Gasteiger partial charge in [-0.1, -0.05) is 12.1 Å². The summed E-state index contributed by atoms with van der Waals surface area (Å²) in [6.45, 7) is 0.230. The van der Waals surface area contributed by atoms with E-state index in [9.17, 15) is 18.4 Å². The second kappa shape index (κ2) is 8.02. The molecule has 4 aromatic rings. The zero-order valence-electron chi connectivity index (χ0n) is 16.8. The molecule has 2 N–H and O–H groups in total. The van der Waals surface area contributed by atoms with Crippen LogP contribution in [0.4, 0.5) is 20.3 Å². The van der Waals surface area contributed by atoms with Crippen molar-refractivity contribution in [1.29, 1.82) is 0 Å². The number of rotatable bonds is 5. The molecule has 9 heteroatoms. The van der Waals surface area contributed by atoms with E-state index in [0.717, 1.165) is 11.6 Å². The van der Waals surface area contributed by atoms with Crippen molar-refractivity contribution in [2.75, 3.05) is 11.9 Å². The second-order valence-electron chi connectivity index (χ2n) is 7.06. The van der Waals surface area contributed by atoms with Crippen LogP contribution >= 0.6 is 0 Å². The average molecular weight is 423 g/mol. The van der Waals surface area contributed by atoms with Crippen LogP contribution < -0.4 is 15.9 Å². The van der Waals surface area contributed by atoms with Gasteiger partial charge in [0.2, 0.25) is 0 Å². The van der Waals surface area contributed by atoms with Gasteiger partial charge >= 0.3 is 5.69 Å². The molecule has 0 bridgehead atoms. The normalized spacial score (nSPS) is 11.0. The molecule has 0 aliphatic carbocycles. The van der Waals surface area contributed by atoms with Gasteiger partial charge in [0.1, 0.15) is 5.82 Å². The third kappa shape index (κ3) is 3.89. The van der Waals surface area contributed by atoms with Crippen LogP contribution in [-0.4, -0.2) is 27.5 Å². The van der Waals surface area contributed by atoms with E-state index in [1.54, 1.807) is 50.6 Å². The first-order chi connectivity index (χ1) is 14.8. The Morgan fingerprint density at radius 1 is 1.19 bits per heavy atom. The summed E-state index contributed by atoms with van der Waals surface area (Å²) < 4.78 is 28.9. The smallest absolute Gasteiger partial charge is 0.326 e. The summed E-state index contributed by atoms with van der Waals surface area (Å²) in [7, 11) is 3.24. The number of nitrogens with one attached hydrogen (secondary N) is 2. The van der Waals surface area contributed by atoms with Crippen LogP contribution in [0.15, 0.2) is 59.5 Å². The highest BCUT2D eigenvalue weighted by molar-refractivity contribution is 5.97. The number of amides is 1. The van der Waals surface area contributed by atoms with E-state index in [0.29, 0.717) is 22.4 Å². The third-order valence-corrected chi connectivity index (χ3v) is 5.06. The summed E-state index contributed by atoms with van der Waals surface area (Å²) in [5.41, 5.74) is 2.27. The number of hydrogen-bond donors (Lipinski definition) is 2. The summed E-state index contributed by atoms with van der Waals surface area (Å²) in [5, 5.41) is 2.80. The maximum absolute atomic E-state index is 14.0. The Labute approximate surface area is 176 Å². The molecule has 7 nitrogen and oxygen atoms in total. The summed E-state index contributed by atoms with van der Waals surface area (Å²) in [4.78, 5) is 32.6. The molecule has 0 atom stereocenters. The number of H-pyrrole nitrogens is 1. The van der Waals surface area contributed by atoms with Crippen LogP contribution in [0.1, 0.15) is 15.9 Å². The first kappa shape index (κ1) is 20.3. The Morgan fingerprint density at radius 3 is 2.74 bits per heavy atom. The molecule has 158 valence electrons. The van der Waals surface area contributed by atoms with Gasteiger partial charge in [0.15, 0.2) is 11.6 Å². The molecule has 2 heterocycles. The number of aromatic amines is 1. The topological polar surface area (TPSA) is 83.0 Å². The maximum Gasteiger partial charge on any atom is 0.326 e. The van der Waals surface area contributed by atoms with Gasteiger partial charge in [0.25, 0.3) is 5.91 Å². The van der Waals surface area contributed by atoms with Crippen LogP contribution in [0.3, 0.4) is 0 Å². The van der Waals surface area contributed by atoms with Crippen molar-refractivity contribution in [1.82, 2.24) is 19.9 Å². The van der Waals surface area contributed by atoms with Gasteiger partial charge in [-0.25, -0.2) is 18.6 Å². The Balaban J connectivity index is 1.44. The number of hydrogen-bond acceptors (Lipinski definition) is 4. The van der Waals surface area contributed by atoms with Gasteiger partial charge in [-0.15, -0.1) is 0 Å². The lowest BCUT2D eigenvalue weighted by molar-refractivity contribution is 0.0951. The number of halogens is 2. The molecule has 0 aliphatic rings. The van der Waals surface area contributed by atoms with Crippen molar-refractivity contribution in [2.45, 2.75) is 6.54 Å². The summed E-state index contributed by atoms with van der Waals surface area (Å²) >= 11 is 0. The van der Waals surface area contributed by atoms with Crippen LogP contribution in [0.2, 0.25) is 0 Å². The number of carbonyl (C=O) groups is 1. The van der Waals surface area contributed by atoms with Gasteiger partial charge in [-0.3, -0.25) is 9.36 Å². The highest BCUT2D eigenvalue weighted by Gasteiger charge is 2.14. The van der Waals surface area contributed by atoms with E-state index in [1.165, 1.54) is 21.6 Å². The first-order valence-corrected chi connectivity index (χ1v) is 9.45. The molecule has 2 aromatic heterocycles. The summed E-state index contributed by atoms with van der Waals surface area (Å²) in [6, 6.07) is 12.3. The monoisotopic (exact) mass is 423 g/mol. The van der Waals surface area contributed by atoms with Crippen LogP contribution in [-0.2, 0) is 13.6 Å². The fourth-order valence-electron chi connectivity index (χ4n) is 3.26. The zero-order valence-corrected chi connectivity index (χ0v) is 16.8. The van der Waals surface area contributed by atoms with E-state index >= 15 is 0 Å². The molecule has 4 rings (SSSR count). The number of nitrogens with zero attached hydrogens (tertiary/aromatic N) is 3. The Hall–Kier alpha value is -4.01. The third-order valence-electron chi connectivity index (χ3n) is 5.06. The Bertz CT molecular complexity index is 1330. The van der Waals surface area contributed by atoms with Gasteiger partial charge in [0, 0.05) is 32.4 Å². The van der Waals surface area contributed by atoms with Crippen molar-refractivity contribution in [3.63, 3.8) is 0 Å². The molecule has 0 radical (unpaired) electrons. The van der Waals surface area contributed by atoms with Crippen LogP contribution in [0, 0.1) is 11.6 Å².